The highest BCUT2D eigenvalue weighted by Crippen LogP contribution is 2.32. The number of ketones is 2. The van der Waals surface area contributed by atoms with Crippen LogP contribution in [0.25, 0.3) is 21.8 Å². The minimum Gasteiger partial charge on any atom is -0.340 e. The summed E-state index contributed by atoms with van der Waals surface area (Å²) in [5.41, 5.74) is 4.77. The molecule has 5 rings (SSSR count). The van der Waals surface area contributed by atoms with Crippen LogP contribution in [0.15, 0.2) is 93.9 Å². The summed E-state index contributed by atoms with van der Waals surface area (Å²) >= 11 is 6.88. The predicted molar refractivity (Wildman–Crippen MR) is 159 cm³/mol. The van der Waals surface area contributed by atoms with Crippen LogP contribution in [0, 0.1) is 0 Å². The lowest BCUT2D eigenvalue weighted by atomic mass is 9.99. The molecule has 5 heteroatoms. The molecule has 0 bridgehead atoms. The SMILES string of the molecule is CCCCCCn1c2ccc(C(=O)c3ccc(Br)cc3)cc2c2cc(C(=O)c3ccc(Br)cc3)ccc21. The monoisotopic (exact) mass is 615 g/mol. The molecule has 1 heterocycles. The number of aromatic nitrogens is 1. The summed E-state index contributed by atoms with van der Waals surface area (Å²) in [5, 5.41) is 2.00. The summed E-state index contributed by atoms with van der Waals surface area (Å²) in [6.45, 7) is 3.12. The van der Waals surface area contributed by atoms with E-state index in [2.05, 4.69) is 55.5 Å². The van der Waals surface area contributed by atoms with Crippen molar-refractivity contribution in [1.29, 1.82) is 0 Å². The quantitative estimate of drug-likeness (QED) is 0.122. The minimum atomic E-state index is -0.0136. The first-order chi connectivity index (χ1) is 18.0. The molecule has 0 aliphatic heterocycles. The Labute approximate surface area is 233 Å². The summed E-state index contributed by atoms with van der Waals surface area (Å²) in [6.07, 6.45) is 4.68. The first-order valence-corrected chi connectivity index (χ1v) is 14.2. The number of benzene rings is 4. The Morgan fingerprint density at radius 2 is 1.03 bits per heavy atom. The smallest absolute Gasteiger partial charge is 0.193 e. The molecule has 0 amide bonds. The van der Waals surface area contributed by atoms with E-state index < -0.39 is 0 Å². The van der Waals surface area contributed by atoms with Gasteiger partial charge in [-0.3, -0.25) is 9.59 Å². The van der Waals surface area contributed by atoms with Gasteiger partial charge in [0.1, 0.15) is 0 Å². The molecule has 0 atom stereocenters. The molecule has 1 aromatic heterocycles. The van der Waals surface area contributed by atoms with Crippen LogP contribution < -0.4 is 0 Å². The average molecular weight is 617 g/mol. The van der Waals surface area contributed by atoms with Crippen LogP contribution in [0.4, 0.5) is 0 Å². The van der Waals surface area contributed by atoms with Gasteiger partial charge in [-0.2, -0.15) is 0 Å². The number of fused-ring (bicyclic) bond motifs is 3. The van der Waals surface area contributed by atoms with E-state index in [0.717, 1.165) is 43.7 Å². The van der Waals surface area contributed by atoms with Crippen molar-refractivity contribution >= 4 is 65.2 Å². The number of rotatable bonds is 9. The van der Waals surface area contributed by atoms with Gasteiger partial charge in [0.25, 0.3) is 0 Å². The second-order valence-electron chi connectivity index (χ2n) is 9.35. The van der Waals surface area contributed by atoms with Crippen molar-refractivity contribution in [2.45, 2.75) is 39.2 Å². The summed E-state index contributed by atoms with van der Waals surface area (Å²) in [4.78, 5) is 26.6. The van der Waals surface area contributed by atoms with Crippen LogP contribution in [0.5, 0.6) is 0 Å². The molecule has 0 aliphatic carbocycles. The van der Waals surface area contributed by atoms with Crippen molar-refractivity contribution in [3.8, 4) is 0 Å². The van der Waals surface area contributed by atoms with Crippen molar-refractivity contribution in [2.24, 2.45) is 0 Å². The molecule has 3 nitrogen and oxygen atoms in total. The zero-order valence-corrected chi connectivity index (χ0v) is 23.8. The normalized spacial score (nSPS) is 11.3. The number of aryl methyl sites for hydroxylation is 1. The Morgan fingerprint density at radius 3 is 1.46 bits per heavy atom. The summed E-state index contributed by atoms with van der Waals surface area (Å²) in [6, 6.07) is 26.8. The molecular weight excluding hydrogens is 590 g/mol. The molecule has 37 heavy (non-hydrogen) atoms. The maximum absolute atomic E-state index is 13.3. The van der Waals surface area contributed by atoms with Gasteiger partial charge in [-0.05, 0) is 91.3 Å². The Bertz CT molecular complexity index is 1480. The molecule has 186 valence electrons. The zero-order chi connectivity index (χ0) is 25.9. The number of halogens is 2. The molecule has 5 aromatic rings. The van der Waals surface area contributed by atoms with Crippen LogP contribution in [0.1, 0.15) is 64.4 Å². The maximum Gasteiger partial charge on any atom is 0.193 e. The molecule has 0 fully saturated rings. The predicted octanol–water partition coefficient (Wildman–Crippen LogP) is 9.36. The fraction of sp³-hybridized carbons (Fsp3) is 0.188. The molecule has 0 saturated heterocycles. The third kappa shape index (κ3) is 5.34. The van der Waals surface area contributed by atoms with Crippen LogP contribution in [-0.2, 0) is 6.54 Å². The molecule has 0 radical (unpaired) electrons. The van der Waals surface area contributed by atoms with E-state index in [1.165, 1.54) is 19.3 Å². The maximum atomic E-state index is 13.3. The highest BCUT2D eigenvalue weighted by Gasteiger charge is 2.17. The number of hydrogen-bond donors (Lipinski definition) is 0. The number of carbonyl (C=O) groups excluding carboxylic acids is 2. The van der Waals surface area contributed by atoms with E-state index >= 15 is 0 Å². The van der Waals surface area contributed by atoms with E-state index in [4.69, 9.17) is 0 Å². The van der Waals surface area contributed by atoms with Gasteiger partial charge in [-0.15, -0.1) is 0 Å². The van der Waals surface area contributed by atoms with E-state index in [-0.39, 0.29) is 11.6 Å². The molecule has 4 aromatic carbocycles. The van der Waals surface area contributed by atoms with E-state index in [9.17, 15) is 9.59 Å². The van der Waals surface area contributed by atoms with Gasteiger partial charge >= 0.3 is 0 Å². The lowest BCUT2D eigenvalue weighted by molar-refractivity contribution is 0.103. The third-order valence-corrected chi connectivity index (χ3v) is 7.89. The molecular formula is C32H27Br2NO2. The summed E-state index contributed by atoms with van der Waals surface area (Å²) < 4.78 is 4.21. The highest BCUT2D eigenvalue weighted by molar-refractivity contribution is 9.10. The van der Waals surface area contributed by atoms with Gasteiger partial charge < -0.3 is 4.57 Å². The largest absolute Gasteiger partial charge is 0.340 e. The Balaban J connectivity index is 1.61. The fourth-order valence-corrected chi connectivity index (χ4v) is 5.39. The summed E-state index contributed by atoms with van der Waals surface area (Å²) in [5.74, 6) is -0.0271. The van der Waals surface area contributed by atoms with Crippen molar-refractivity contribution in [1.82, 2.24) is 4.57 Å². The molecule has 0 aliphatic rings. The topological polar surface area (TPSA) is 39.1 Å². The zero-order valence-electron chi connectivity index (χ0n) is 20.6. The van der Waals surface area contributed by atoms with E-state index in [1.54, 1.807) is 0 Å². The molecule has 0 spiro atoms. The number of nitrogens with zero attached hydrogens (tertiary/aromatic N) is 1. The minimum absolute atomic E-state index is 0.0136. The summed E-state index contributed by atoms with van der Waals surface area (Å²) in [7, 11) is 0. The Kier molecular flexibility index (Phi) is 7.73. The van der Waals surface area contributed by atoms with Crippen LogP contribution >= 0.6 is 31.9 Å². The van der Waals surface area contributed by atoms with Gasteiger partial charge in [0.2, 0.25) is 0 Å². The van der Waals surface area contributed by atoms with Gasteiger partial charge in [0.05, 0.1) is 0 Å². The van der Waals surface area contributed by atoms with Crippen LogP contribution in [0.2, 0.25) is 0 Å². The highest BCUT2D eigenvalue weighted by atomic mass is 79.9. The molecule has 0 saturated carbocycles. The van der Waals surface area contributed by atoms with Crippen molar-refractivity contribution in [3.63, 3.8) is 0 Å². The van der Waals surface area contributed by atoms with Crippen molar-refractivity contribution in [3.05, 3.63) is 116 Å². The number of carbonyl (C=O) groups is 2. The first-order valence-electron chi connectivity index (χ1n) is 12.6. The Morgan fingerprint density at radius 1 is 0.595 bits per heavy atom. The van der Waals surface area contributed by atoms with Crippen LogP contribution in [0.3, 0.4) is 0 Å². The lowest BCUT2D eigenvalue weighted by Crippen LogP contribution is -2.02. The first kappa shape index (κ1) is 25.6. The number of hydrogen-bond acceptors (Lipinski definition) is 2. The van der Waals surface area contributed by atoms with Gasteiger partial charge in [-0.25, -0.2) is 0 Å². The lowest BCUT2D eigenvalue weighted by Gasteiger charge is -2.08. The van der Waals surface area contributed by atoms with Gasteiger partial charge in [0.15, 0.2) is 11.6 Å². The molecule has 0 N–H and O–H groups in total. The van der Waals surface area contributed by atoms with E-state index in [1.807, 2.05) is 72.8 Å². The van der Waals surface area contributed by atoms with E-state index in [0.29, 0.717) is 22.3 Å². The average Bonchev–Trinajstić information content (AvgIpc) is 3.23. The van der Waals surface area contributed by atoms with Crippen LogP contribution in [-0.4, -0.2) is 16.1 Å². The number of unbranched alkanes of at least 4 members (excludes halogenated alkanes) is 3. The second-order valence-corrected chi connectivity index (χ2v) is 11.2. The third-order valence-electron chi connectivity index (χ3n) is 6.84. The standard InChI is InChI=1S/C32H27Br2NO2/c1-2-3-4-5-18-35-29-16-10-23(31(36)21-6-12-25(33)13-7-21)19-27(29)28-20-24(11-17-30(28)35)32(37)22-8-14-26(34)15-9-22/h6-17,19-20H,2-5,18H2,1H3. The Hall–Kier alpha value is -3.02. The van der Waals surface area contributed by atoms with Crippen molar-refractivity contribution in [2.75, 3.05) is 0 Å². The molecule has 0 unspecified atom stereocenters. The second kappa shape index (κ2) is 11.2. The van der Waals surface area contributed by atoms with Gasteiger partial charge in [-0.1, -0.05) is 58.0 Å². The van der Waals surface area contributed by atoms with Gasteiger partial charge in [0, 0.05) is 59.5 Å². The van der Waals surface area contributed by atoms with Crippen molar-refractivity contribution < 1.29 is 9.59 Å². The fourth-order valence-electron chi connectivity index (χ4n) is 4.86.